The van der Waals surface area contributed by atoms with Crippen molar-refractivity contribution in [2.75, 3.05) is 7.05 Å². The van der Waals surface area contributed by atoms with E-state index < -0.39 is 0 Å². The Hall–Kier alpha value is -1.89. The van der Waals surface area contributed by atoms with E-state index in [0.717, 1.165) is 12.8 Å². The Labute approximate surface area is 107 Å². The van der Waals surface area contributed by atoms with E-state index in [1.807, 2.05) is 13.1 Å². The molecule has 1 aromatic heterocycles. The van der Waals surface area contributed by atoms with Gasteiger partial charge in [0, 0.05) is 25.5 Å². The zero-order valence-corrected chi connectivity index (χ0v) is 10.6. The summed E-state index contributed by atoms with van der Waals surface area (Å²) >= 11 is 0. The van der Waals surface area contributed by atoms with Gasteiger partial charge in [0.05, 0.1) is 11.1 Å². The van der Waals surface area contributed by atoms with Crippen molar-refractivity contribution in [1.82, 2.24) is 9.88 Å². The summed E-state index contributed by atoms with van der Waals surface area (Å²) in [5, 5.41) is 8.82. The molecule has 4 heteroatoms. The van der Waals surface area contributed by atoms with Gasteiger partial charge in [-0.15, -0.1) is 0 Å². The van der Waals surface area contributed by atoms with Crippen LogP contribution in [0.2, 0.25) is 0 Å². The third-order valence-corrected chi connectivity index (χ3v) is 3.56. The first-order valence-corrected chi connectivity index (χ1v) is 6.34. The second-order valence-electron chi connectivity index (χ2n) is 4.78. The topological polar surface area (TPSA) is 57.0 Å². The molecule has 0 unspecified atom stereocenters. The predicted octanol–water partition coefficient (Wildman–Crippen LogP) is 2.36. The van der Waals surface area contributed by atoms with Crippen LogP contribution in [0, 0.1) is 11.3 Å². The van der Waals surface area contributed by atoms with Crippen LogP contribution in [-0.2, 0) is 0 Å². The number of nitriles is 1. The number of hydrogen-bond donors (Lipinski definition) is 0. The first kappa shape index (κ1) is 12.6. The molecule has 0 spiro atoms. The number of rotatable bonds is 2. The third kappa shape index (κ3) is 2.67. The van der Waals surface area contributed by atoms with Crippen LogP contribution < -0.4 is 0 Å². The maximum Gasteiger partial charge on any atom is 0.255 e. The maximum absolute atomic E-state index is 12.3. The average Bonchev–Trinajstić information content (AvgIpc) is 2.46. The number of hydrogen-bond acceptors (Lipinski definition) is 3. The molecule has 0 aliphatic heterocycles. The minimum absolute atomic E-state index is 0.0356. The fraction of sp³-hybridized carbons (Fsp3) is 0.500. The first-order chi connectivity index (χ1) is 8.72. The monoisotopic (exact) mass is 243 g/mol. The summed E-state index contributed by atoms with van der Waals surface area (Å²) in [6.45, 7) is 0. The summed E-state index contributed by atoms with van der Waals surface area (Å²) in [6, 6.07) is 3.94. The number of aromatic nitrogens is 1. The summed E-state index contributed by atoms with van der Waals surface area (Å²) in [5.41, 5.74) is 0.931. The minimum Gasteiger partial charge on any atom is -0.339 e. The van der Waals surface area contributed by atoms with E-state index >= 15 is 0 Å². The van der Waals surface area contributed by atoms with Crippen molar-refractivity contribution in [2.24, 2.45) is 0 Å². The van der Waals surface area contributed by atoms with Crippen molar-refractivity contribution < 1.29 is 4.79 Å². The molecule has 18 heavy (non-hydrogen) atoms. The maximum atomic E-state index is 12.3. The smallest absolute Gasteiger partial charge is 0.255 e. The molecule has 94 valence electrons. The molecule has 0 atom stereocenters. The van der Waals surface area contributed by atoms with Gasteiger partial charge in [0.25, 0.3) is 5.91 Å². The molecule has 0 N–H and O–H groups in total. The van der Waals surface area contributed by atoms with Crippen LogP contribution in [0.3, 0.4) is 0 Å². The molecule has 0 radical (unpaired) electrons. The van der Waals surface area contributed by atoms with Crippen molar-refractivity contribution in [3.05, 3.63) is 29.6 Å². The molecule has 2 rings (SSSR count). The lowest BCUT2D eigenvalue weighted by molar-refractivity contribution is 0.0696. The molecule has 1 amide bonds. The highest BCUT2D eigenvalue weighted by atomic mass is 16.2. The molecule has 1 heterocycles. The Balaban J connectivity index is 2.12. The van der Waals surface area contributed by atoms with E-state index in [4.69, 9.17) is 5.26 Å². The predicted molar refractivity (Wildman–Crippen MR) is 67.9 cm³/mol. The molecular weight excluding hydrogens is 226 g/mol. The van der Waals surface area contributed by atoms with Gasteiger partial charge in [-0.2, -0.15) is 5.26 Å². The zero-order chi connectivity index (χ0) is 13.0. The lowest BCUT2D eigenvalue weighted by Gasteiger charge is -2.31. The summed E-state index contributed by atoms with van der Waals surface area (Å²) < 4.78 is 0. The summed E-state index contributed by atoms with van der Waals surface area (Å²) in [5.74, 6) is -0.0356. The highest BCUT2D eigenvalue weighted by molar-refractivity contribution is 5.94. The molecule has 0 bridgehead atoms. The van der Waals surface area contributed by atoms with Gasteiger partial charge >= 0.3 is 0 Å². The van der Waals surface area contributed by atoms with E-state index in [1.54, 1.807) is 11.0 Å². The summed E-state index contributed by atoms with van der Waals surface area (Å²) in [4.78, 5) is 18.0. The molecule has 1 fully saturated rings. The fourth-order valence-corrected chi connectivity index (χ4v) is 2.46. The van der Waals surface area contributed by atoms with E-state index in [2.05, 4.69) is 4.98 Å². The van der Waals surface area contributed by atoms with Gasteiger partial charge in [0.2, 0.25) is 0 Å². The molecule has 0 saturated heterocycles. The van der Waals surface area contributed by atoms with Gasteiger partial charge in [-0.1, -0.05) is 19.3 Å². The molecular formula is C14H17N3O. The van der Waals surface area contributed by atoms with Crippen molar-refractivity contribution >= 4 is 5.91 Å². The van der Waals surface area contributed by atoms with Crippen LogP contribution in [0.25, 0.3) is 0 Å². The Morgan fingerprint density at radius 3 is 2.78 bits per heavy atom. The molecule has 1 saturated carbocycles. The molecule has 1 aromatic rings. The van der Waals surface area contributed by atoms with E-state index in [9.17, 15) is 4.79 Å². The summed E-state index contributed by atoms with van der Waals surface area (Å²) in [6.07, 6.45) is 8.81. The molecule has 1 aliphatic carbocycles. The van der Waals surface area contributed by atoms with Crippen LogP contribution in [0.5, 0.6) is 0 Å². The number of carbonyl (C=O) groups is 1. The molecule has 1 aliphatic rings. The SMILES string of the molecule is CN(C(=O)c1cncc(C#N)c1)C1CCCCC1. The second-order valence-corrected chi connectivity index (χ2v) is 4.78. The van der Waals surface area contributed by atoms with Crippen molar-refractivity contribution in [3.63, 3.8) is 0 Å². The molecule has 0 aromatic carbocycles. The van der Waals surface area contributed by atoms with Gasteiger partial charge in [0.15, 0.2) is 0 Å². The molecule has 4 nitrogen and oxygen atoms in total. The Bertz CT molecular complexity index is 472. The Kier molecular flexibility index (Phi) is 3.93. The normalized spacial score (nSPS) is 16.0. The van der Waals surface area contributed by atoms with E-state index in [-0.39, 0.29) is 5.91 Å². The largest absolute Gasteiger partial charge is 0.339 e. The van der Waals surface area contributed by atoms with E-state index in [0.29, 0.717) is 17.2 Å². The van der Waals surface area contributed by atoms with Gasteiger partial charge < -0.3 is 4.90 Å². The number of nitrogens with zero attached hydrogens (tertiary/aromatic N) is 3. The lowest BCUT2D eigenvalue weighted by atomic mass is 9.94. The first-order valence-electron chi connectivity index (χ1n) is 6.34. The third-order valence-electron chi connectivity index (χ3n) is 3.56. The van der Waals surface area contributed by atoms with Crippen molar-refractivity contribution in [3.8, 4) is 6.07 Å². The number of pyridine rings is 1. The van der Waals surface area contributed by atoms with Crippen LogP contribution in [0.15, 0.2) is 18.5 Å². The number of amides is 1. The highest BCUT2D eigenvalue weighted by Crippen LogP contribution is 2.22. The van der Waals surface area contributed by atoms with Gasteiger partial charge in [-0.25, -0.2) is 0 Å². The average molecular weight is 243 g/mol. The Morgan fingerprint density at radius 1 is 1.39 bits per heavy atom. The second kappa shape index (κ2) is 5.63. The van der Waals surface area contributed by atoms with Crippen molar-refractivity contribution in [1.29, 1.82) is 5.26 Å². The van der Waals surface area contributed by atoms with Crippen LogP contribution in [-0.4, -0.2) is 28.9 Å². The van der Waals surface area contributed by atoms with Crippen molar-refractivity contribution in [2.45, 2.75) is 38.1 Å². The highest BCUT2D eigenvalue weighted by Gasteiger charge is 2.23. The minimum atomic E-state index is -0.0356. The standard InChI is InChI=1S/C14H17N3O/c1-17(13-5-3-2-4-6-13)14(18)12-7-11(8-15)9-16-10-12/h7,9-10,13H,2-6H2,1H3. The van der Waals surface area contributed by atoms with Crippen LogP contribution in [0.4, 0.5) is 0 Å². The lowest BCUT2D eigenvalue weighted by Crippen LogP contribution is -2.38. The Morgan fingerprint density at radius 2 is 2.11 bits per heavy atom. The van der Waals surface area contributed by atoms with Gasteiger partial charge in [-0.3, -0.25) is 9.78 Å². The quantitative estimate of drug-likeness (QED) is 0.801. The van der Waals surface area contributed by atoms with Gasteiger partial charge in [-0.05, 0) is 18.9 Å². The van der Waals surface area contributed by atoms with E-state index in [1.165, 1.54) is 31.7 Å². The van der Waals surface area contributed by atoms with Crippen LogP contribution in [0.1, 0.15) is 48.0 Å². The number of carbonyl (C=O) groups excluding carboxylic acids is 1. The fourth-order valence-electron chi connectivity index (χ4n) is 2.46. The zero-order valence-electron chi connectivity index (χ0n) is 10.6. The van der Waals surface area contributed by atoms with Crippen LogP contribution >= 0.6 is 0 Å². The van der Waals surface area contributed by atoms with Gasteiger partial charge in [0.1, 0.15) is 6.07 Å². The summed E-state index contributed by atoms with van der Waals surface area (Å²) in [7, 11) is 1.84.